The number of benzene rings is 2. The summed E-state index contributed by atoms with van der Waals surface area (Å²) >= 11 is 2.90. The zero-order valence-electron chi connectivity index (χ0n) is 15.1. The van der Waals surface area contributed by atoms with Crippen LogP contribution in [0.25, 0.3) is 10.1 Å². The maximum atomic E-state index is 14.5. The lowest BCUT2D eigenvalue weighted by Gasteiger charge is -2.30. The highest BCUT2D eigenvalue weighted by molar-refractivity contribution is 8.13. The van der Waals surface area contributed by atoms with Crippen LogP contribution in [-0.4, -0.2) is 16.8 Å². The monoisotopic (exact) mass is 435 g/mol. The third-order valence-corrected chi connectivity index (χ3v) is 6.56. The summed E-state index contributed by atoms with van der Waals surface area (Å²) in [5.41, 5.74) is 6.12. The van der Waals surface area contributed by atoms with Crippen LogP contribution in [0.2, 0.25) is 0 Å². The molecule has 2 heterocycles. The van der Waals surface area contributed by atoms with Crippen molar-refractivity contribution in [2.24, 2.45) is 10.7 Å². The number of hydrogen-bond donors (Lipinski definition) is 2. The molecule has 0 radical (unpaired) electrons. The number of fused-ring (bicyclic) bond motifs is 1. The highest BCUT2D eigenvalue weighted by Crippen LogP contribution is 2.37. The first-order valence-corrected chi connectivity index (χ1v) is 10.3. The Morgan fingerprint density at radius 3 is 2.79 bits per heavy atom. The zero-order valence-corrected chi connectivity index (χ0v) is 17.5. The Morgan fingerprint density at radius 2 is 2.04 bits per heavy atom. The first-order chi connectivity index (χ1) is 12.9. The van der Waals surface area contributed by atoms with E-state index in [-0.39, 0.29) is 24.1 Å². The van der Waals surface area contributed by atoms with Crippen molar-refractivity contribution in [3.05, 3.63) is 64.8 Å². The van der Waals surface area contributed by atoms with Crippen molar-refractivity contribution in [1.29, 1.82) is 0 Å². The van der Waals surface area contributed by atoms with E-state index in [1.807, 2.05) is 37.3 Å². The van der Waals surface area contributed by atoms with Crippen LogP contribution in [0, 0.1) is 5.82 Å². The third-order valence-electron chi connectivity index (χ3n) is 4.65. The van der Waals surface area contributed by atoms with Gasteiger partial charge < -0.3 is 11.1 Å². The van der Waals surface area contributed by atoms with Gasteiger partial charge in [-0.25, -0.2) is 4.39 Å². The van der Waals surface area contributed by atoms with Crippen LogP contribution in [0.4, 0.5) is 10.1 Å². The molecule has 0 spiro atoms. The molecule has 1 atom stereocenters. The molecule has 1 aromatic heterocycles. The molecule has 0 bridgehead atoms. The molecule has 146 valence electrons. The lowest BCUT2D eigenvalue weighted by atomic mass is 9.89. The number of aliphatic imine (C=N–C) groups is 1. The van der Waals surface area contributed by atoms with Crippen LogP contribution in [0.1, 0.15) is 28.6 Å². The fraction of sp³-hybridized carbons (Fsp3) is 0.200. The Kier molecular flexibility index (Phi) is 5.98. The normalized spacial score (nSPS) is 19.0. The molecule has 0 saturated carbocycles. The molecule has 1 amide bonds. The number of nitrogens with one attached hydrogen (secondary N) is 1. The van der Waals surface area contributed by atoms with E-state index in [1.165, 1.54) is 29.2 Å². The fourth-order valence-electron chi connectivity index (χ4n) is 3.18. The summed E-state index contributed by atoms with van der Waals surface area (Å²) < 4.78 is 15.6. The topological polar surface area (TPSA) is 67.5 Å². The number of thioether (sulfide) groups is 1. The molecule has 0 saturated heterocycles. The maximum Gasteiger partial charge on any atom is 0.265 e. The molecule has 0 fully saturated rings. The standard InChI is InChI=1S/C20H18FN3OS2.ClH/c1-20(8-9-26-19(22)24-20)14-11-13(6-7-15(14)21)23-18(25)17-10-12-4-2-3-5-16(12)27-17;/h2-7,10-11H,8-9H2,1H3,(H2,22,24)(H,23,25);1H/t20-;/m0./s1. The van der Waals surface area contributed by atoms with E-state index in [9.17, 15) is 9.18 Å². The van der Waals surface area contributed by atoms with Crippen molar-refractivity contribution >= 4 is 62.4 Å². The SMILES string of the molecule is C[C@@]1(c2cc(NC(=O)c3cc4ccccc4s3)ccc2F)CCSC(N)=N1.Cl. The Labute approximate surface area is 176 Å². The van der Waals surface area contributed by atoms with E-state index in [0.29, 0.717) is 27.7 Å². The number of nitrogens with two attached hydrogens (primary N) is 1. The van der Waals surface area contributed by atoms with Gasteiger partial charge in [0, 0.05) is 21.7 Å². The van der Waals surface area contributed by atoms with Crippen molar-refractivity contribution < 1.29 is 9.18 Å². The van der Waals surface area contributed by atoms with Crippen molar-refractivity contribution in [2.45, 2.75) is 18.9 Å². The van der Waals surface area contributed by atoms with Gasteiger partial charge in [0.15, 0.2) is 5.17 Å². The van der Waals surface area contributed by atoms with Gasteiger partial charge >= 0.3 is 0 Å². The number of amides is 1. The lowest BCUT2D eigenvalue weighted by Crippen LogP contribution is -2.29. The van der Waals surface area contributed by atoms with E-state index < -0.39 is 5.54 Å². The molecular formula is C20H19ClFN3OS2. The fourth-order valence-corrected chi connectivity index (χ4v) is 5.12. The second kappa shape index (κ2) is 8.11. The summed E-state index contributed by atoms with van der Waals surface area (Å²) in [6.45, 7) is 1.87. The number of carbonyl (C=O) groups excluding carboxylic acids is 1. The van der Waals surface area contributed by atoms with E-state index in [0.717, 1.165) is 15.8 Å². The van der Waals surface area contributed by atoms with Gasteiger partial charge in [-0.1, -0.05) is 30.0 Å². The predicted molar refractivity (Wildman–Crippen MR) is 119 cm³/mol. The van der Waals surface area contributed by atoms with Gasteiger partial charge in [-0.15, -0.1) is 23.7 Å². The largest absolute Gasteiger partial charge is 0.379 e. The van der Waals surface area contributed by atoms with E-state index in [2.05, 4.69) is 10.3 Å². The quantitative estimate of drug-likeness (QED) is 0.580. The smallest absolute Gasteiger partial charge is 0.265 e. The van der Waals surface area contributed by atoms with Crippen LogP contribution in [-0.2, 0) is 5.54 Å². The number of hydrogen-bond acceptors (Lipinski definition) is 5. The van der Waals surface area contributed by atoms with Gasteiger partial charge in [0.1, 0.15) is 5.82 Å². The molecule has 4 nitrogen and oxygen atoms in total. The molecule has 1 aliphatic heterocycles. The molecule has 2 aromatic carbocycles. The minimum atomic E-state index is -0.724. The van der Waals surface area contributed by atoms with E-state index in [4.69, 9.17) is 5.73 Å². The van der Waals surface area contributed by atoms with Crippen LogP contribution >= 0.6 is 35.5 Å². The van der Waals surface area contributed by atoms with Crippen LogP contribution in [0.5, 0.6) is 0 Å². The number of amidine groups is 1. The van der Waals surface area contributed by atoms with Gasteiger partial charge in [-0.3, -0.25) is 9.79 Å². The average Bonchev–Trinajstić information content (AvgIpc) is 3.07. The summed E-state index contributed by atoms with van der Waals surface area (Å²) in [6.07, 6.45) is 0.684. The molecule has 8 heteroatoms. The Morgan fingerprint density at radius 1 is 1.25 bits per heavy atom. The summed E-state index contributed by atoms with van der Waals surface area (Å²) in [4.78, 5) is 17.7. The predicted octanol–water partition coefficient (Wildman–Crippen LogP) is 5.38. The van der Waals surface area contributed by atoms with Gasteiger partial charge in [-0.05, 0) is 49.1 Å². The minimum absolute atomic E-state index is 0. The second-order valence-electron chi connectivity index (χ2n) is 6.62. The molecule has 0 aliphatic carbocycles. The summed E-state index contributed by atoms with van der Waals surface area (Å²) in [5.74, 6) is 0.228. The number of carbonyl (C=O) groups is 1. The first-order valence-electron chi connectivity index (χ1n) is 8.53. The average molecular weight is 436 g/mol. The molecule has 1 aliphatic rings. The summed E-state index contributed by atoms with van der Waals surface area (Å²) in [7, 11) is 0. The van der Waals surface area contributed by atoms with Crippen molar-refractivity contribution in [3.63, 3.8) is 0 Å². The number of halogens is 2. The third kappa shape index (κ3) is 4.01. The van der Waals surface area contributed by atoms with Crippen LogP contribution < -0.4 is 11.1 Å². The van der Waals surface area contributed by atoms with Crippen molar-refractivity contribution in [3.8, 4) is 0 Å². The highest BCUT2D eigenvalue weighted by Gasteiger charge is 2.32. The Balaban J connectivity index is 0.00000225. The molecular weight excluding hydrogens is 417 g/mol. The minimum Gasteiger partial charge on any atom is -0.379 e. The Hall–Kier alpha value is -2.09. The number of nitrogens with zero attached hydrogens (tertiary/aromatic N) is 1. The van der Waals surface area contributed by atoms with Gasteiger partial charge in [0.05, 0.1) is 10.4 Å². The van der Waals surface area contributed by atoms with E-state index >= 15 is 0 Å². The van der Waals surface area contributed by atoms with Crippen molar-refractivity contribution in [2.75, 3.05) is 11.1 Å². The molecule has 3 N–H and O–H groups in total. The first kappa shape index (κ1) is 20.6. The second-order valence-corrected chi connectivity index (χ2v) is 8.82. The number of anilines is 1. The Bertz CT molecular complexity index is 1040. The lowest BCUT2D eigenvalue weighted by molar-refractivity contribution is 0.103. The number of rotatable bonds is 3. The van der Waals surface area contributed by atoms with E-state index in [1.54, 1.807) is 12.1 Å². The van der Waals surface area contributed by atoms with Gasteiger partial charge in [0.2, 0.25) is 0 Å². The van der Waals surface area contributed by atoms with Crippen LogP contribution in [0.15, 0.2) is 53.5 Å². The van der Waals surface area contributed by atoms with Crippen molar-refractivity contribution in [1.82, 2.24) is 0 Å². The molecule has 0 unspecified atom stereocenters. The van der Waals surface area contributed by atoms with Crippen LogP contribution in [0.3, 0.4) is 0 Å². The highest BCUT2D eigenvalue weighted by atomic mass is 35.5. The summed E-state index contributed by atoms with van der Waals surface area (Å²) in [5, 5.41) is 4.37. The zero-order chi connectivity index (χ0) is 19.0. The van der Waals surface area contributed by atoms with Gasteiger partial charge in [-0.2, -0.15) is 0 Å². The molecule has 4 rings (SSSR count). The number of thiophene rings is 1. The molecule has 28 heavy (non-hydrogen) atoms. The summed E-state index contributed by atoms with van der Waals surface area (Å²) in [6, 6.07) is 14.3. The van der Waals surface area contributed by atoms with Gasteiger partial charge in [0.25, 0.3) is 5.91 Å². The maximum absolute atomic E-state index is 14.5. The molecule has 3 aromatic rings.